The van der Waals surface area contributed by atoms with E-state index in [1.54, 1.807) is 4.90 Å². The van der Waals surface area contributed by atoms with Crippen LogP contribution >= 0.6 is 0 Å². The maximum absolute atomic E-state index is 12.4. The lowest BCUT2D eigenvalue weighted by atomic mass is 9.80. The number of amides is 1. The summed E-state index contributed by atoms with van der Waals surface area (Å²) in [4.78, 5) is 14.1. The molecule has 0 aliphatic carbocycles. The Hall–Kier alpha value is -1.75. The standard InChI is InChI=1S/C20H31N3O2/c1-19(2,3)25-18(24)23-11-9-14-12-15(6-7-16(14)23)22-17-8-10-21-13-20(17,4)5/h6-7,12,17,21-22H,8-11,13H2,1-5H3. The molecule has 5 heteroatoms. The number of benzene rings is 1. The molecule has 1 aromatic rings. The zero-order chi connectivity index (χ0) is 18.2. The fourth-order valence-electron chi connectivity index (χ4n) is 3.64. The maximum Gasteiger partial charge on any atom is 0.414 e. The van der Waals surface area contributed by atoms with E-state index in [-0.39, 0.29) is 11.5 Å². The maximum atomic E-state index is 12.4. The topological polar surface area (TPSA) is 53.6 Å². The van der Waals surface area contributed by atoms with E-state index >= 15 is 0 Å². The van der Waals surface area contributed by atoms with Gasteiger partial charge < -0.3 is 15.4 Å². The summed E-state index contributed by atoms with van der Waals surface area (Å²) in [6.07, 6.45) is 1.74. The van der Waals surface area contributed by atoms with Gasteiger partial charge in [-0.1, -0.05) is 13.8 Å². The number of nitrogens with one attached hydrogen (secondary N) is 2. The first kappa shape index (κ1) is 18.1. The Morgan fingerprint density at radius 2 is 2.12 bits per heavy atom. The molecule has 3 rings (SSSR count). The molecule has 1 atom stereocenters. The molecule has 5 nitrogen and oxygen atoms in total. The van der Waals surface area contributed by atoms with Crippen LogP contribution in [0.3, 0.4) is 0 Å². The molecule has 0 saturated carbocycles. The number of nitrogens with zero attached hydrogens (tertiary/aromatic N) is 1. The van der Waals surface area contributed by atoms with E-state index in [0.29, 0.717) is 12.6 Å². The first-order chi connectivity index (χ1) is 11.7. The summed E-state index contributed by atoms with van der Waals surface area (Å²) in [5.41, 5.74) is 3.08. The highest BCUT2D eigenvalue weighted by Gasteiger charge is 2.33. The number of anilines is 2. The number of hydrogen-bond donors (Lipinski definition) is 2. The Morgan fingerprint density at radius 1 is 1.36 bits per heavy atom. The molecule has 1 aromatic carbocycles. The van der Waals surface area contributed by atoms with Gasteiger partial charge in [0.05, 0.1) is 5.69 Å². The van der Waals surface area contributed by atoms with Gasteiger partial charge in [0.15, 0.2) is 0 Å². The molecule has 0 aromatic heterocycles. The van der Waals surface area contributed by atoms with E-state index in [4.69, 9.17) is 4.74 Å². The highest BCUT2D eigenvalue weighted by Crippen LogP contribution is 2.34. The molecule has 2 aliphatic rings. The Bertz CT molecular complexity index is 649. The van der Waals surface area contributed by atoms with Crippen molar-refractivity contribution >= 4 is 17.5 Å². The largest absolute Gasteiger partial charge is 0.443 e. The Kier molecular flexibility index (Phi) is 4.71. The summed E-state index contributed by atoms with van der Waals surface area (Å²) < 4.78 is 5.52. The average Bonchev–Trinajstić information content (AvgIpc) is 2.91. The van der Waals surface area contributed by atoms with Crippen LogP contribution in [0.15, 0.2) is 18.2 Å². The second kappa shape index (κ2) is 6.52. The third-order valence-electron chi connectivity index (χ3n) is 5.06. The molecular weight excluding hydrogens is 314 g/mol. The SMILES string of the molecule is CC(C)(C)OC(=O)N1CCc2cc(NC3CCNCC3(C)C)ccc21. The van der Waals surface area contributed by atoms with Crippen molar-refractivity contribution in [2.75, 3.05) is 29.9 Å². The van der Waals surface area contributed by atoms with Gasteiger partial charge in [0.2, 0.25) is 0 Å². The van der Waals surface area contributed by atoms with Crippen molar-refractivity contribution in [1.29, 1.82) is 0 Å². The van der Waals surface area contributed by atoms with Crippen molar-refractivity contribution in [2.24, 2.45) is 5.41 Å². The number of carbonyl (C=O) groups is 1. The molecule has 2 heterocycles. The van der Waals surface area contributed by atoms with Crippen LogP contribution in [-0.2, 0) is 11.2 Å². The van der Waals surface area contributed by atoms with Crippen molar-refractivity contribution in [3.8, 4) is 0 Å². The van der Waals surface area contributed by atoms with Crippen molar-refractivity contribution in [2.45, 2.75) is 59.1 Å². The molecule has 1 amide bonds. The summed E-state index contributed by atoms with van der Waals surface area (Å²) >= 11 is 0. The quantitative estimate of drug-likeness (QED) is 0.856. The third-order valence-corrected chi connectivity index (χ3v) is 5.06. The lowest BCUT2D eigenvalue weighted by Crippen LogP contribution is -2.49. The fourth-order valence-corrected chi connectivity index (χ4v) is 3.64. The Morgan fingerprint density at radius 3 is 2.80 bits per heavy atom. The lowest BCUT2D eigenvalue weighted by molar-refractivity contribution is 0.0584. The predicted octanol–water partition coefficient (Wildman–Crippen LogP) is 3.78. The van der Waals surface area contributed by atoms with Gasteiger partial charge in [0.1, 0.15) is 5.60 Å². The van der Waals surface area contributed by atoms with Gasteiger partial charge in [-0.25, -0.2) is 4.79 Å². The molecule has 138 valence electrons. The van der Waals surface area contributed by atoms with Crippen molar-refractivity contribution in [1.82, 2.24) is 5.32 Å². The number of piperidine rings is 1. The molecule has 0 radical (unpaired) electrons. The second-order valence-electron chi connectivity index (χ2n) is 8.88. The van der Waals surface area contributed by atoms with Crippen LogP contribution < -0.4 is 15.5 Å². The minimum Gasteiger partial charge on any atom is -0.443 e. The third kappa shape index (κ3) is 4.09. The summed E-state index contributed by atoms with van der Waals surface area (Å²) in [6.45, 7) is 13.1. The van der Waals surface area contributed by atoms with E-state index < -0.39 is 5.60 Å². The molecule has 1 saturated heterocycles. The highest BCUT2D eigenvalue weighted by molar-refractivity contribution is 5.91. The highest BCUT2D eigenvalue weighted by atomic mass is 16.6. The molecule has 1 unspecified atom stereocenters. The number of ether oxygens (including phenoxy) is 1. The van der Waals surface area contributed by atoms with Crippen LogP contribution in [0.5, 0.6) is 0 Å². The number of rotatable bonds is 2. The fraction of sp³-hybridized carbons (Fsp3) is 0.650. The van der Waals surface area contributed by atoms with Gasteiger partial charge in [-0.3, -0.25) is 4.90 Å². The van der Waals surface area contributed by atoms with Gasteiger partial charge in [-0.2, -0.15) is 0 Å². The Balaban J connectivity index is 1.72. The summed E-state index contributed by atoms with van der Waals surface area (Å²) in [5.74, 6) is 0. The monoisotopic (exact) mass is 345 g/mol. The van der Waals surface area contributed by atoms with Gasteiger partial charge in [-0.15, -0.1) is 0 Å². The number of fused-ring (bicyclic) bond motifs is 1. The van der Waals surface area contributed by atoms with E-state index in [1.807, 2.05) is 26.8 Å². The van der Waals surface area contributed by atoms with E-state index in [0.717, 1.165) is 37.3 Å². The first-order valence-electron chi connectivity index (χ1n) is 9.26. The molecule has 2 aliphatic heterocycles. The molecule has 2 N–H and O–H groups in total. The van der Waals surface area contributed by atoms with E-state index in [2.05, 4.69) is 36.6 Å². The second-order valence-corrected chi connectivity index (χ2v) is 8.88. The number of hydrogen-bond acceptors (Lipinski definition) is 4. The predicted molar refractivity (Wildman–Crippen MR) is 102 cm³/mol. The minimum atomic E-state index is -0.470. The van der Waals surface area contributed by atoms with Crippen LogP contribution in [0.4, 0.5) is 16.2 Å². The zero-order valence-electron chi connectivity index (χ0n) is 16.1. The molecule has 0 spiro atoms. The van der Waals surface area contributed by atoms with Crippen LogP contribution in [0.1, 0.15) is 46.6 Å². The Labute approximate surface area is 151 Å². The first-order valence-corrected chi connectivity index (χ1v) is 9.26. The zero-order valence-corrected chi connectivity index (χ0v) is 16.1. The molecule has 0 bridgehead atoms. The van der Waals surface area contributed by atoms with Crippen LogP contribution in [-0.4, -0.2) is 37.4 Å². The van der Waals surface area contributed by atoms with Crippen LogP contribution in [0.2, 0.25) is 0 Å². The van der Waals surface area contributed by atoms with Crippen molar-refractivity contribution in [3.05, 3.63) is 23.8 Å². The minimum absolute atomic E-state index is 0.222. The van der Waals surface area contributed by atoms with Gasteiger partial charge in [0.25, 0.3) is 0 Å². The summed E-state index contributed by atoms with van der Waals surface area (Å²) in [6, 6.07) is 6.77. The van der Waals surface area contributed by atoms with Crippen molar-refractivity contribution < 1.29 is 9.53 Å². The molecule has 1 fully saturated rings. The van der Waals surface area contributed by atoms with Gasteiger partial charge in [0, 0.05) is 24.8 Å². The van der Waals surface area contributed by atoms with E-state index in [9.17, 15) is 4.79 Å². The van der Waals surface area contributed by atoms with Gasteiger partial charge >= 0.3 is 6.09 Å². The van der Waals surface area contributed by atoms with Crippen LogP contribution in [0.25, 0.3) is 0 Å². The lowest BCUT2D eigenvalue weighted by Gasteiger charge is -2.40. The summed E-state index contributed by atoms with van der Waals surface area (Å²) in [7, 11) is 0. The average molecular weight is 345 g/mol. The van der Waals surface area contributed by atoms with Crippen molar-refractivity contribution in [3.63, 3.8) is 0 Å². The normalized spacial score (nSPS) is 22.4. The summed E-state index contributed by atoms with van der Waals surface area (Å²) in [5, 5.41) is 7.18. The molecule has 25 heavy (non-hydrogen) atoms. The van der Waals surface area contributed by atoms with Gasteiger partial charge in [-0.05, 0) is 69.3 Å². The number of carbonyl (C=O) groups excluding carboxylic acids is 1. The van der Waals surface area contributed by atoms with Crippen LogP contribution in [0, 0.1) is 5.41 Å². The molecular formula is C20H31N3O2. The van der Waals surface area contributed by atoms with E-state index in [1.165, 1.54) is 5.56 Å². The smallest absolute Gasteiger partial charge is 0.414 e.